The van der Waals surface area contributed by atoms with Crippen molar-refractivity contribution < 1.29 is 13.3 Å². The van der Waals surface area contributed by atoms with Gasteiger partial charge in [-0.25, -0.2) is 4.98 Å². The Hall–Kier alpha value is -9.59. The molecule has 0 aliphatic heterocycles. The number of hydrogen-bond acceptors (Lipinski definition) is 6. The Kier molecular flexibility index (Phi) is 8.65. The second-order valence-corrected chi connectivity index (χ2v) is 18.2. The number of fused-ring (bicyclic) bond motifs is 19. The van der Waals surface area contributed by atoms with E-state index in [1.807, 2.05) is 62.4 Å². The van der Waals surface area contributed by atoms with Crippen LogP contribution in [-0.4, -0.2) is 19.5 Å². The van der Waals surface area contributed by atoms with Crippen molar-refractivity contribution in [1.82, 2.24) is 19.5 Å². The van der Waals surface area contributed by atoms with Crippen molar-refractivity contribution in [2.75, 3.05) is 0 Å². The molecule has 0 aliphatic rings. The van der Waals surface area contributed by atoms with E-state index in [-0.39, 0.29) is 0 Å². The number of hydrogen-bond donors (Lipinski definition) is 0. The van der Waals surface area contributed by atoms with Crippen LogP contribution >= 0.6 is 0 Å². The predicted octanol–water partition coefficient (Wildman–Crippen LogP) is 18.2. The molecule has 7 nitrogen and oxygen atoms in total. The molecule has 16 rings (SSSR count). The van der Waals surface area contributed by atoms with E-state index in [0.717, 1.165) is 126 Å². The Morgan fingerprint density at radius 3 is 1.47 bits per heavy atom. The van der Waals surface area contributed by atoms with Crippen LogP contribution in [0.15, 0.2) is 220 Å². The number of para-hydroxylation sites is 3. The predicted molar refractivity (Wildman–Crippen MR) is 296 cm³/mol. The number of benzene rings is 11. The van der Waals surface area contributed by atoms with Gasteiger partial charge in [0.1, 0.15) is 33.5 Å². The Labute approximate surface area is 410 Å². The van der Waals surface area contributed by atoms with E-state index in [4.69, 9.17) is 28.2 Å². The molecule has 0 amide bonds. The van der Waals surface area contributed by atoms with Crippen molar-refractivity contribution in [2.45, 2.75) is 13.8 Å². The van der Waals surface area contributed by atoms with Crippen LogP contribution < -0.4 is 0 Å². The molecule has 11 aromatic carbocycles. The van der Waals surface area contributed by atoms with Gasteiger partial charge >= 0.3 is 0 Å². The minimum Gasteiger partial charge on any atom is -0.456 e. The third-order valence-electron chi connectivity index (χ3n) is 14.4. The lowest BCUT2D eigenvalue weighted by atomic mass is 9.95. The van der Waals surface area contributed by atoms with Gasteiger partial charge in [0.15, 0.2) is 11.6 Å². The van der Waals surface area contributed by atoms with Gasteiger partial charge < -0.3 is 13.3 Å². The van der Waals surface area contributed by atoms with Gasteiger partial charge in [0, 0.05) is 65.2 Å². The number of furan rings is 3. The number of nitrogens with zero attached hydrogens (tertiary/aromatic N) is 4. The summed E-state index contributed by atoms with van der Waals surface area (Å²) in [6.45, 7) is 4.00. The number of aromatic nitrogens is 4. The normalized spacial score (nSPS) is 12.0. The molecule has 0 radical (unpaired) electrons. The van der Waals surface area contributed by atoms with Crippen LogP contribution in [0.4, 0.5) is 0 Å². The van der Waals surface area contributed by atoms with Gasteiger partial charge in [0.05, 0.1) is 11.0 Å². The Morgan fingerprint density at radius 2 is 0.792 bits per heavy atom. The van der Waals surface area contributed by atoms with Crippen LogP contribution in [0.25, 0.3) is 160 Å². The summed E-state index contributed by atoms with van der Waals surface area (Å²) in [5.74, 6) is 1.51. The summed E-state index contributed by atoms with van der Waals surface area (Å²) in [6, 6.07) is 72.1. The molecule has 0 aliphatic carbocycles. The van der Waals surface area contributed by atoms with Crippen LogP contribution in [0, 0.1) is 0 Å². The molecule has 7 heteroatoms. The molecule has 5 aromatic heterocycles. The molecule has 0 fully saturated rings. The largest absolute Gasteiger partial charge is 0.456 e. The lowest BCUT2D eigenvalue weighted by Crippen LogP contribution is -2.07. The first-order chi connectivity index (χ1) is 35.7. The first-order valence-electron chi connectivity index (χ1n) is 24.5. The lowest BCUT2D eigenvalue weighted by Gasteiger charge is -2.14. The Balaban J connectivity index is 0.00000229. The zero-order chi connectivity index (χ0) is 47.6. The summed E-state index contributed by atoms with van der Waals surface area (Å²) in [5, 5.41) is 15.5. The van der Waals surface area contributed by atoms with Crippen LogP contribution in [0.2, 0.25) is 0 Å². The van der Waals surface area contributed by atoms with Crippen molar-refractivity contribution >= 4 is 120 Å². The highest BCUT2D eigenvalue weighted by atomic mass is 16.3. The Morgan fingerprint density at radius 1 is 0.306 bits per heavy atom. The van der Waals surface area contributed by atoms with Gasteiger partial charge in [-0.1, -0.05) is 166 Å². The van der Waals surface area contributed by atoms with Crippen molar-refractivity contribution in [1.29, 1.82) is 0 Å². The SMILES string of the molecule is CC.c1ccc2c(c1)ccc1oc3cc(-c4cccc5c6c7ccccc7c7ccccc7c6n(-c6nc(-c7ccc8c(c7)oc7ccccc78)nc(-c7ccc8c(c7)oc7ccccc78)n6)c45)ccc3c12. The maximum absolute atomic E-state index is 6.70. The molecular weight excluding hydrogens is 885 g/mol. The topological polar surface area (TPSA) is 83.0 Å². The molecular formula is C65H40N4O3. The molecule has 0 spiro atoms. The lowest BCUT2D eigenvalue weighted by molar-refractivity contribution is 0.668. The monoisotopic (exact) mass is 924 g/mol. The molecule has 338 valence electrons. The van der Waals surface area contributed by atoms with Crippen molar-refractivity contribution in [3.05, 3.63) is 206 Å². The fourth-order valence-corrected chi connectivity index (χ4v) is 11.3. The first kappa shape index (κ1) is 40.3. The molecule has 5 heterocycles. The first-order valence-corrected chi connectivity index (χ1v) is 24.5. The van der Waals surface area contributed by atoms with E-state index in [1.165, 1.54) is 16.2 Å². The summed E-state index contributed by atoms with van der Waals surface area (Å²) in [6.07, 6.45) is 0. The summed E-state index contributed by atoms with van der Waals surface area (Å²) in [7, 11) is 0. The molecule has 0 atom stereocenters. The van der Waals surface area contributed by atoms with Gasteiger partial charge in [-0.3, -0.25) is 4.57 Å². The molecule has 0 saturated carbocycles. The molecule has 0 saturated heterocycles. The third kappa shape index (κ3) is 5.82. The van der Waals surface area contributed by atoms with E-state index >= 15 is 0 Å². The molecule has 16 aromatic rings. The fourth-order valence-electron chi connectivity index (χ4n) is 11.3. The molecule has 0 N–H and O–H groups in total. The van der Waals surface area contributed by atoms with Gasteiger partial charge in [-0.15, -0.1) is 0 Å². The highest BCUT2D eigenvalue weighted by Crippen LogP contribution is 2.46. The fraction of sp³-hybridized carbons (Fsp3) is 0.0308. The van der Waals surface area contributed by atoms with E-state index < -0.39 is 0 Å². The maximum atomic E-state index is 6.70. The summed E-state index contributed by atoms with van der Waals surface area (Å²) in [5.41, 5.74) is 10.5. The van der Waals surface area contributed by atoms with Gasteiger partial charge in [0.2, 0.25) is 5.95 Å². The minimum atomic E-state index is 0.485. The highest BCUT2D eigenvalue weighted by Gasteiger charge is 2.25. The zero-order valence-electron chi connectivity index (χ0n) is 39.1. The highest BCUT2D eigenvalue weighted by molar-refractivity contribution is 6.33. The summed E-state index contributed by atoms with van der Waals surface area (Å²) < 4.78 is 21.9. The second-order valence-electron chi connectivity index (χ2n) is 18.2. The van der Waals surface area contributed by atoms with Crippen molar-refractivity contribution in [3.63, 3.8) is 0 Å². The maximum Gasteiger partial charge on any atom is 0.238 e. The van der Waals surface area contributed by atoms with Crippen LogP contribution in [0.1, 0.15) is 13.8 Å². The quantitative estimate of drug-likeness (QED) is 0.164. The third-order valence-corrected chi connectivity index (χ3v) is 14.4. The van der Waals surface area contributed by atoms with E-state index in [2.05, 4.69) is 162 Å². The van der Waals surface area contributed by atoms with Crippen LogP contribution in [-0.2, 0) is 0 Å². The van der Waals surface area contributed by atoms with Crippen LogP contribution in [0.5, 0.6) is 0 Å². The molecule has 72 heavy (non-hydrogen) atoms. The van der Waals surface area contributed by atoms with Crippen LogP contribution in [0.3, 0.4) is 0 Å². The molecule has 0 bridgehead atoms. The standard InChI is InChI=1S/C63H34N4O3.C2H6/c1-2-13-39-35(12-1)27-31-53-57(39)49-30-24-36(32-56(49)70-53)40-20-11-21-50-58-47-18-5-3-14-41(47)42-15-4-6-19-48(42)60(58)67(59(40)50)63-65-61(37-25-28-45-43-16-7-9-22-51(43)68-54(45)33-37)64-62(66-63)38-26-29-46-44-17-8-10-23-52(44)69-55(46)34-38;1-2/h1-34H;1-2H3. The average Bonchev–Trinajstić information content (AvgIpc) is 4.22. The van der Waals surface area contributed by atoms with E-state index in [1.54, 1.807) is 0 Å². The summed E-state index contributed by atoms with van der Waals surface area (Å²) >= 11 is 0. The minimum absolute atomic E-state index is 0.485. The van der Waals surface area contributed by atoms with Gasteiger partial charge in [-0.2, -0.15) is 9.97 Å². The van der Waals surface area contributed by atoms with Gasteiger partial charge in [0.25, 0.3) is 0 Å². The van der Waals surface area contributed by atoms with Crippen molar-refractivity contribution in [2.24, 2.45) is 0 Å². The zero-order valence-corrected chi connectivity index (χ0v) is 39.1. The number of rotatable bonds is 4. The molecule has 0 unspecified atom stereocenters. The van der Waals surface area contributed by atoms with Gasteiger partial charge in [-0.05, 0) is 87.1 Å². The van der Waals surface area contributed by atoms with E-state index in [9.17, 15) is 0 Å². The average molecular weight is 925 g/mol. The second kappa shape index (κ2) is 15.5. The summed E-state index contributed by atoms with van der Waals surface area (Å²) in [4.78, 5) is 16.3. The Bertz CT molecular complexity index is 4790. The van der Waals surface area contributed by atoms with E-state index in [0.29, 0.717) is 17.6 Å². The smallest absolute Gasteiger partial charge is 0.238 e. The van der Waals surface area contributed by atoms with Crippen molar-refractivity contribution in [3.8, 4) is 39.9 Å².